The second-order valence-corrected chi connectivity index (χ2v) is 4.26. The summed E-state index contributed by atoms with van der Waals surface area (Å²) >= 11 is 0. The lowest BCUT2D eigenvalue weighted by Gasteiger charge is -2.06. The molecule has 0 saturated carbocycles. The van der Waals surface area contributed by atoms with Gasteiger partial charge in [0, 0.05) is 19.6 Å². The van der Waals surface area contributed by atoms with Crippen LogP contribution in [-0.2, 0) is 19.6 Å². The molecule has 0 fully saturated rings. The first-order chi connectivity index (χ1) is 8.78. The minimum atomic E-state index is -0.195. The van der Waals surface area contributed by atoms with Gasteiger partial charge >= 0.3 is 0 Å². The molecule has 3 heteroatoms. The quantitative estimate of drug-likeness (QED) is 0.848. The first-order valence-corrected chi connectivity index (χ1v) is 6.01. The minimum Gasteiger partial charge on any atom is -0.326 e. The lowest BCUT2D eigenvalue weighted by Crippen LogP contribution is -2.13. The highest BCUT2D eigenvalue weighted by Gasteiger charge is 1.97. The fraction of sp³-hybridized carbons (Fsp3) is 0.200. The van der Waals surface area contributed by atoms with Gasteiger partial charge < -0.3 is 11.1 Å². The molecule has 0 amide bonds. The van der Waals surface area contributed by atoms with Crippen molar-refractivity contribution < 1.29 is 4.39 Å². The average Bonchev–Trinajstić information content (AvgIpc) is 2.39. The molecule has 2 aromatic carbocycles. The molecule has 3 N–H and O–H groups in total. The lowest BCUT2D eigenvalue weighted by molar-refractivity contribution is 0.620. The number of hydrogen-bond donors (Lipinski definition) is 2. The van der Waals surface area contributed by atoms with E-state index in [1.165, 1.54) is 11.6 Å². The summed E-state index contributed by atoms with van der Waals surface area (Å²) in [5, 5.41) is 3.29. The summed E-state index contributed by atoms with van der Waals surface area (Å²) in [5.74, 6) is -0.195. The maximum atomic E-state index is 13.0. The Balaban J connectivity index is 1.88. The smallest absolute Gasteiger partial charge is 0.123 e. The van der Waals surface area contributed by atoms with Gasteiger partial charge in [-0.15, -0.1) is 0 Å². The lowest BCUT2D eigenvalue weighted by atomic mass is 10.1. The molecule has 18 heavy (non-hydrogen) atoms. The SMILES string of the molecule is NCc1cccc(CNCc2cccc(F)c2)c1. The molecule has 0 saturated heterocycles. The largest absolute Gasteiger partial charge is 0.326 e. The first kappa shape index (κ1) is 12.7. The van der Waals surface area contributed by atoms with Crippen molar-refractivity contribution in [2.45, 2.75) is 19.6 Å². The Morgan fingerprint density at radius 3 is 2.17 bits per heavy atom. The Morgan fingerprint density at radius 2 is 1.50 bits per heavy atom. The second-order valence-electron chi connectivity index (χ2n) is 4.26. The van der Waals surface area contributed by atoms with E-state index < -0.39 is 0 Å². The van der Waals surface area contributed by atoms with Crippen molar-refractivity contribution in [1.29, 1.82) is 0 Å². The third-order valence-electron chi connectivity index (χ3n) is 2.77. The van der Waals surface area contributed by atoms with Gasteiger partial charge in [0.2, 0.25) is 0 Å². The zero-order valence-electron chi connectivity index (χ0n) is 10.2. The van der Waals surface area contributed by atoms with E-state index in [9.17, 15) is 4.39 Å². The van der Waals surface area contributed by atoms with E-state index in [0.29, 0.717) is 13.1 Å². The van der Waals surface area contributed by atoms with Gasteiger partial charge in [-0.1, -0.05) is 36.4 Å². The van der Waals surface area contributed by atoms with Gasteiger partial charge in [-0.2, -0.15) is 0 Å². The molecule has 2 nitrogen and oxygen atoms in total. The molecular formula is C15H17FN2. The fourth-order valence-corrected chi connectivity index (χ4v) is 1.86. The molecule has 0 aliphatic carbocycles. The number of nitrogens with two attached hydrogens (primary N) is 1. The number of hydrogen-bond acceptors (Lipinski definition) is 2. The van der Waals surface area contributed by atoms with Gasteiger partial charge in [0.25, 0.3) is 0 Å². The molecule has 2 aromatic rings. The molecule has 0 atom stereocenters. The van der Waals surface area contributed by atoms with Gasteiger partial charge in [-0.3, -0.25) is 0 Å². The van der Waals surface area contributed by atoms with Crippen LogP contribution in [0.2, 0.25) is 0 Å². The first-order valence-electron chi connectivity index (χ1n) is 6.01. The van der Waals surface area contributed by atoms with Crippen molar-refractivity contribution in [3.8, 4) is 0 Å². The highest BCUT2D eigenvalue weighted by atomic mass is 19.1. The van der Waals surface area contributed by atoms with Crippen molar-refractivity contribution in [3.05, 3.63) is 71.0 Å². The third kappa shape index (κ3) is 3.65. The Kier molecular flexibility index (Phi) is 4.45. The summed E-state index contributed by atoms with van der Waals surface area (Å²) in [7, 11) is 0. The van der Waals surface area contributed by atoms with Gasteiger partial charge in [0.15, 0.2) is 0 Å². The fourth-order valence-electron chi connectivity index (χ4n) is 1.86. The van der Waals surface area contributed by atoms with Crippen LogP contribution >= 0.6 is 0 Å². The molecule has 0 bridgehead atoms. The zero-order valence-corrected chi connectivity index (χ0v) is 10.2. The topological polar surface area (TPSA) is 38.0 Å². The van der Waals surface area contributed by atoms with Crippen molar-refractivity contribution in [2.24, 2.45) is 5.73 Å². The van der Waals surface area contributed by atoms with Gasteiger partial charge in [-0.05, 0) is 28.8 Å². The van der Waals surface area contributed by atoms with E-state index in [0.717, 1.165) is 17.7 Å². The van der Waals surface area contributed by atoms with Crippen molar-refractivity contribution in [2.75, 3.05) is 0 Å². The van der Waals surface area contributed by atoms with E-state index in [2.05, 4.69) is 17.4 Å². The summed E-state index contributed by atoms with van der Waals surface area (Å²) in [4.78, 5) is 0. The second kappa shape index (κ2) is 6.28. The molecule has 0 unspecified atom stereocenters. The summed E-state index contributed by atoms with van der Waals surface area (Å²) in [6.45, 7) is 1.96. The van der Waals surface area contributed by atoms with Crippen LogP contribution in [0, 0.1) is 5.82 Å². The van der Waals surface area contributed by atoms with Crippen LogP contribution in [0.15, 0.2) is 48.5 Å². The maximum absolute atomic E-state index is 13.0. The van der Waals surface area contributed by atoms with Crippen LogP contribution in [0.3, 0.4) is 0 Å². The molecule has 0 aliphatic rings. The molecule has 0 aliphatic heterocycles. The van der Waals surface area contributed by atoms with Crippen LogP contribution in [0.5, 0.6) is 0 Å². The van der Waals surface area contributed by atoms with E-state index in [-0.39, 0.29) is 5.82 Å². The summed E-state index contributed by atoms with van der Waals surface area (Å²) < 4.78 is 13.0. The summed E-state index contributed by atoms with van der Waals surface area (Å²) in [5.41, 5.74) is 8.86. The third-order valence-corrected chi connectivity index (χ3v) is 2.77. The predicted octanol–water partition coefficient (Wildman–Crippen LogP) is 2.57. The van der Waals surface area contributed by atoms with Gasteiger partial charge in [0.1, 0.15) is 5.82 Å². The van der Waals surface area contributed by atoms with Crippen LogP contribution in [0.4, 0.5) is 4.39 Å². The van der Waals surface area contributed by atoms with E-state index in [4.69, 9.17) is 5.73 Å². The minimum absolute atomic E-state index is 0.195. The normalized spacial score (nSPS) is 10.6. The van der Waals surface area contributed by atoms with Crippen molar-refractivity contribution >= 4 is 0 Å². The number of benzene rings is 2. The Hall–Kier alpha value is -1.71. The molecule has 0 radical (unpaired) electrons. The number of rotatable bonds is 5. The Bertz CT molecular complexity index is 511. The van der Waals surface area contributed by atoms with Crippen molar-refractivity contribution in [3.63, 3.8) is 0 Å². The summed E-state index contributed by atoms with van der Waals surface area (Å²) in [6, 6.07) is 14.8. The highest BCUT2D eigenvalue weighted by molar-refractivity contribution is 5.23. The Morgan fingerprint density at radius 1 is 0.889 bits per heavy atom. The molecule has 0 heterocycles. The Labute approximate surface area is 107 Å². The standard InChI is InChI=1S/C15H17FN2/c16-15-6-2-5-14(8-15)11-18-10-13-4-1-3-12(7-13)9-17/h1-8,18H,9-11,17H2. The molecule has 94 valence electrons. The van der Waals surface area contributed by atoms with Crippen LogP contribution in [-0.4, -0.2) is 0 Å². The van der Waals surface area contributed by atoms with Gasteiger partial charge in [0.05, 0.1) is 0 Å². The van der Waals surface area contributed by atoms with Crippen molar-refractivity contribution in [1.82, 2.24) is 5.32 Å². The van der Waals surface area contributed by atoms with Gasteiger partial charge in [-0.25, -0.2) is 4.39 Å². The molecule has 2 rings (SSSR count). The number of nitrogens with one attached hydrogen (secondary N) is 1. The predicted molar refractivity (Wildman–Crippen MR) is 71.3 cm³/mol. The van der Waals surface area contributed by atoms with Crippen LogP contribution in [0.25, 0.3) is 0 Å². The van der Waals surface area contributed by atoms with Crippen LogP contribution in [0.1, 0.15) is 16.7 Å². The average molecular weight is 244 g/mol. The summed E-state index contributed by atoms with van der Waals surface area (Å²) in [6.07, 6.45) is 0. The van der Waals surface area contributed by atoms with E-state index >= 15 is 0 Å². The molecule has 0 spiro atoms. The number of halogens is 1. The van der Waals surface area contributed by atoms with E-state index in [1.807, 2.05) is 18.2 Å². The maximum Gasteiger partial charge on any atom is 0.123 e. The zero-order chi connectivity index (χ0) is 12.8. The van der Waals surface area contributed by atoms with Crippen LogP contribution < -0.4 is 11.1 Å². The monoisotopic (exact) mass is 244 g/mol. The highest BCUT2D eigenvalue weighted by Crippen LogP contribution is 2.06. The van der Waals surface area contributed by atoms with E-state index in [1.54, 1.807) is 12.1 Å². The molecule has 0 aromatic heterocycles. The molecular weight excluding hydrogens is 227 g/mol.